The number of hydrogen-bond donors (Lipinski definition) is 1. The Morgan fingerprint density at radius 2 is 2.14 bits per heavy atom. The van der Waals surface area contributed by atoms with Crippen molar-refractivity contribution >= 4 is 37.8 Å². The van der Waals surface area contributed by atoms with Crippen molar-refractivity contribution in [3.63, 3.8) is 0 Å². The summed E-state index contributed by atoms with van der Waals surface area (Å²) >= 11 is 6.78. The number of amides is 1. The van der Waals surface area contributed by atoms with Crippen LogP contribution < -0.4 is 5.32 Å². The molecule has 0 aliphatic carbocycles. The minimum absolute atomic E-state index is 0.0458. The second-order valence-corrected chi connectivity index (χ2v) is 7.02. The number of rotatable bonds is 7. The molecule has 1 amide bonds. The highest BCUT2D eigenvalue weighted by molar-refractivity contribution is 9.10. The number of carbonyl (C=O) groups is 1. The Morgan fingerprint density at radius 1 is 1.36 bits per heavy atom. The van der Waals surface area contributed by atoms with E-state index in [-0.39, 0.29) is 11.8 Å². The summed E-state index contributed by atoms with van der Waals surface area (Å²) in [5.74, 6) is -0.0719. The van der Waals surface area contributed by atoms with Gasteiger partial charge in [0.2, 0.25) is 5.91 Å². The minimum Gasteiger partial charge on any atom is -0.356 e. The van der Waals surface area contributed by atoms with Crippen LogP contribution >= 0.6 is 31.9 Å². The fraction of sp³-hybridized carbons (Fsp3) is 0.500. The molecule has 1 N–H and O–H groups in total. The van der Waals surface area contributed by atoms with Gasteiger partial charge in [-0.25, -0.2) is 0 Å². The van der Waals surface area contributed by atoms with E-state index in [4.69, 9.17) is 0 Å². The topological polar surface area (TPSA) is 64.7 Å². The van der Waals surface area contributed by atoms with E-state index < -0.39 is 0 Å². The molecule has 0 bridgehead atoms. The van der Waals surface area contributed by atoms with Crippen molar-refractivity contribution in [3.05, 3.63) is 33.2 Å². The summed E-state index contributed by atoms with van der Waals surface area (Å²) in [4.78, 5) is 12.0. The minimum atomic E-state index is -0.118. The van der Waals surface area contributed by atoms with Crippen LogP contribution in [-0.4, -0.2) is 32.0 Å². The molecule has 8 heteroatoms. The van der Waals surface area contributed by atoms with Gasteiger partial charge in [0, 0.05) is 25.5 Å². The Morgan fingerprint density at radius 3 is 2.73 bits per heavy atom. The molecule has 6 nitrogen and oxygen atoms in total. The van der Waals surface area contributed by atoms with Gasteiger partial charge in [0.25, 0.3) is 0 Å². The van der Waals surface area contributed by atoms with Crippen molar-refractivity contribution in [2.24, 2.45) is 5.92 Å². The van der Waals surface area contributed by atoms with Crippen LogP contribution in [0.5, 0.6) is 0 Å². The number of nitrogens with zero attached hydrogens (tertiary/aromatic N) is 4. The van der Waals surface area contributed by atoms with E-state index >= 15 is 0 Å². The summed E-state index contributed by atoms with van der Waals surface area (Å²) in [6, 6.07) is 0. The maximum absolute atomic E-state index is 12.0. The summed E-state index contributed by atoms with van der Waals surface area (Å²) in [7, 11) is 0. The predicted molar refractivity (Wildman–Crippen MR) is 91.4 cm³/mol. The predicted octanol–water partition coefficient (Wildman–Crippen LogP) is 2.76. The second-order valence-electron chi connectivity index (χ2n) is 5.25. The maximum Gasteiger partial charge on any atom is 0.224 e. The Labute approximate surface area is 146 Å². The normalized spacial score (nSPS) is 12.4. The van der Waals surface area contributed by atoms with Gasteiger partial charge < -0.3 is 5.32 Å². The first kappa shape index (κ1) is 17.2. The molecule has 22 heavy (non-hydrogen) atoms. The van der Waals surface area contributed by atoms with Gasteiger partial charge in [-0.3, -0.25) is 14.2 Å². The molecule has 0 saturated heterocycles. The fourth-order valence-electron chi connectivity index (χ4n) is 2.04. The highest BCUT2D eigenvalue weighted by Crippen LogP contribution is 2.13. The lowest BCUT2D eigenvalue weighted by Gasteiger charge is -2.12. The van der Waals surface area contributed by atoms with Crippen molar-refractivity contribution in [1.82, 2.24) is 24.9 Å². The molecule has 2 aromatic heterocycles. The molecule has 0 spiro atoms. The molecule has 0 aliphatic rings. The van der Waals surface area contributed by atoms with Crippen LogP contribution in [0.3, 0.4) is 0 Å². The van der Waals surface area contributed by atoms with Crippen molar-refractivity contribution in [2.75, 3.05) is 6.54 Å². The van der Waals surface area contributed by atoms with Crippen LogP contribution in [0.4, 0.5) is 0 Å². The zero-order chi connectivity index (χ0) is 16.1. The molecule has 0 fully saturated rings. The van der Waals surface area contributed by atoms with Crippen molar-refractivity contribution in [2.45, 2.75) is 33.4 Å². The van der Waals surface area contributed by atoms with Gasteiger partial charge in [0.1, 0.15) is 0 Å². The number of aryl methyl sites for hydroxylation is 2. The Kier molecular flexibility index (Phi) is 6.19. The van der Waals surface area contributed by atoms with E-state index in [1.165, 1.54) is 0 Å². The Bertz CT molecular complexity index is 617. The smallest absolute Gasteiger partial charge is 0.224 e. The first-order valence-corrected chi connectivity index (χ1v) is 8.69. The van der Waals surface area contributed by atoms with Crippen LogP contribution in [0.2, 0.25) is 0 Å². The summed E-state index contributed by atoms with van der Waals surface area (Å²) in [5, 5.41) is 11.5. The van der Waals surface area contributed by atoms with E-state index in [9.17, 15) is 4.79 Å². The third-order valence-electron chi connectivity index (χ3n) is 3.26. The largest absolute Gasteiger partial charge is 0.356 e. The lowest BCUT2D eigenvalue weighted by atomic mass is 10.1. The average Bonchev–Trinajstić information content (AvgIpc) is 3.01. The van der Waals surface area contributed by atoms with Crippen LogP contribution in [0, 0.1) is 12.8 Å². The molecule has 0 aliphatic heterocycles. The van der Waals surface area contributed by atoms with Gasteiger partial charge in [-0.2, -0.15) is 10.2 Å². The summed E-state index contributed by atoms with van der Waals surface area (Å²) in [5.41, 5.74) is 0.975. The summed E-state index contributed by atoms with van der Waals surface area (Å²) in [6.07, 6.45) is 6.38. The maximum atomic E-state index is 12.0. The number of carbonyl (C=O) groups excluding carboxylic acids is 1. The number of hydrogen-bond acceptors (Lipinski definition) is 3. The molecular formula is C14H19Br2N5O. The van der Waals surface area contributed by atoms with Gasteiger partial charge in [0.05, 0.1) is 33.3 Å². The van der Waals surface area contributed by atoms with E-state index in [0.717, 1.165) is 27.6 Å². The number of halogens is 2. The van der Waals surface area contributed by atoms with Gasteiger partial charge in [-0.15, -0.1) is 0 Å². The first-order chi connectivity index (χ1) is 10.5. The summed E-state index contributed by atoms with van der Waals surface area (Å²) < 4.78 is 5.57. The monoisotopic (exact) mass is 431 g/mol. The third-order valence-corrected chi connectivity index (χ3v) is 4.45. The van der Waals surface area contributed by atoms with E-state index in [0.29, 0.717) is 13.1 Å². The van der Waals surface area contributed by atoms with Crippen molar-refractivity contribution in [1.29, 1.82) is 0 Å². The average molecular weight is 433 g/mol. The molecule has 2 heterocycles. The zero-order valence-electron chi connectivity index (χ0n) is 12.6. The second kappa shape index (κ2) is 7.92. The van der Waals surface area contributed by atoms with Gasteiger partial charge in [-0.1, -0.05) is 6.92 Å². The molecule has 2 rings (SSSR count). The van der Waals surface area contributed by atoms with Crippen LogP contribution in [0.25, 0.3) is 0 Å². The number of nitrogens with one attached hydrogen (secondary N) is 1. The third kappa shape index (κ3) is 4.95. The van der Waals surface area contributed by atoms with Gasteiger partial charge in [-0.05, 0) is 45.2 Å². The fourth-order valence-corrected chi connectivity index (χ4v) is 2.68. The molecule has 1 unspecified atom stereocenters. The lowest BCUT2D eigenvalue weighted by Crippen LogP contribution is -2.32. The standard InChI is InChI=1S/C14H19Br2N5O/c1-10(7-21-8-12(15)6-18-21)14(22)17-4-3-5-20-9-13(16)11(2)19-20/h6,8-10H,3-5,7H2,1-2H3,(H,17,22). The van der Waals surface area contributed by atoms with Crippen LogP contribution in [0.15, 0.2) is 27.5 Å². The highest BCUT2D eigenvalue weighted by Gasteiger charge is 2.13. The molecule has 120 valence electrons. The van der Waals surface area contributed by atoms with E-state index in [1.54, 1.807) is 10.9 Å². The molecular weight excluding hydrogens is 414 g/mol. The molecule has 0 radical (unpaired) electrons. The Balaban J connectivity index is 1.68. The Hall–Kier alpha value is -1.15. The lowest BCUT2D eigenvalue weighted by molar-refractivity contribution is -0.124. The van der Waals surface area contributed by atoms with Crippen molar-refractivity contribution in [3.8, 4) is 0 Å². The molecule has 0 aromatic carbocycles. The highest BCUT2D eigenvalue weighted by atomic mass is 79.9. The van der Waals surface area contributed by atoms with Gasteiger partial charge >= 0.3 is 0 Å². The zero-order valence-corrected chi connectivity index (χ0v) is 15.8. The quantitative estimate of drug-likeness (QED) is 0.684. The summed E-state index contributed by atoms with van der Waals surface area (Å²) in [6.45, 7) is 5.86. The number of aromatic nitrogens is 4. The van der Waals surface area contributed by atoms with Crippen LogP contribution in [0.1, 0.15) is 19.0 Å². The SMILES string of the molecule is Cc1nn(CCCNC(=O)C(C)Cn2cc(Br)cn2)cc1Br. The van der Waals surface area contributed by atoms with E-state index in [1.807, 2.05) is 30.9 Å². The molecule has 2 aromatic rings. The molecule has 1 atom stereocenters. The van der Waals surface area contributed by atoms with Crippen molar-refractivity contribution < 1.29 is 4.79 Å². The first-order valence-electron chi connectivity index (χ1n) is 7.11. The molecule has 0 saturated carbocycles. The van der Waals surface area contributed by atoms with Crippen LogP contribution in [-0.2, 0) is 17.9 Å². The van der Waals surface area contributed by atoms with E-state index in [2.05, 4.69) is 47.4 Å². The van der Waals surface area contributed by atoms with Gasteiger partial charge in [0.15, 0.2) is 0 Å².